The van der Waals surface area contributed by atoms with Crippen molar-refractivity contribution in [1.29, 1.82) is 0 Å². The molecular formula is C13H14N2. The molecule has 0 amide bonds. The predicted molar refractivity (Wildman–Crippen MR) is 61.6 cm³/mol. The highest BCUT2D eigenvalue weighted by molar-refractivity contribution is 5.58. The van der Waals surface area contributed by atoms with Gasteiger partial charge < -0.3 is 0 Å². The van der Waals surface area contributed by atoms with Crippen molar-refractivity contribution >= 4 is 0 Å². The molecule has 0 fully saturated rings. The fraction of sp³-hybridized carbons (Fsp3) is 0.231. The summed E-state index contributed by atoms with van der Waals surface area (Å²) in [4.78, 5) is 0. The maximum Gasteiger partial charge on any atom is 0.0929 e. The molecule has 0 spiro atoms. The molecule has 2 aromatic rings. The number of hydrogen-bond acceptors (Lipinski definition) is 2. The van der Waals surface area contributed by atoms with Gasteiger partial charge in [0.25, 0.3) is 0 Å². The second-order valence-corrected chi connectivity index (χ2v) is 3.61. The van der Waals surface area contributed by atoms with E-state index in [0.29, 0.717) is 0 Å². The highest BCUT2D eigenvalue weighted by atomic mass is 15.1. The number of benzene rings is 1. The van der Waals surface area contributed by atoms with Gasteiger partial charge in [0.2, 0.25) is 0 Å². The Bertz CT molecular complexity index is 429. The third kappa shape index (κ3) is 2.21. The fourth-order valence-corrected chi connectivity index (χ4v) is 1.46. The van der Waals surface area contributed by atoms with Gasteiger partial charge in [-0.25, -0.2) is 0 Å². The van der Waals surface area contributed by atoms with Crippen molar-refractivity contribution in [2.75, 3.05) is 0 Å². The van der Waals surface area contributed by atoms with E-state index in [1.165, 1.54) is 5.56 Å². The van der Waals surface area contributed by atoms with Gasteiger partial charge >= 0.3 is 0 Å². The summed E-state index contributed by atoms with van der Waals surface area (Å²) in [6.45, 7) is 4.09. The molecule has 15 heavy (non-hydrogen) atoms. The summed E-state index contributed by atoms with van der Waals surface area (Å²) in [5, 5.41) is 8.20. The van der Waals surface area contributed by atoms with E-state index in [0.717, 1.165) is 23.4 Å². The van der Waals surface area contributed by atoms with Crippen LogP contribution < -0.4 is 0 Å². The van der Waals surface area contributed by atoms with E-state index in [2.05, 4.69) is 41.4 Å². The van der Waals surface area contributed by atoms with Gasteiger partial charge in [0.1, 0.15) is 0 Å². The molecule has 0 saturated carbocycles. The van der Waals surface area contributed by atoms with E-state index in [1.807, 2.05) is 19.1 Å². The monoisotopic (exact) mass is 198 g/mol. The van der Waals surface area contributed by atoms with Crippen molar-refractivity contribution in [3.63, 3.8) is 0 Å². The molecule has 1 aromatic heterocycles. The lowest BCUT2D eigenvalue weighted by atomic mass is 10.1. The second kappa shape index (κ2) is 4.22. The van der Waals surface area contributed by atoms with Crippen molar-refractivity contribution < 1.29 is 0 Å². The van der Waals surface area contributed by atoms with Gasteiger partial charge in [-0.2, -0.15) is 10.2 Å². The Labute approximate surface area is 90.0 Å². The smallest absolute Gasteiger partial charge is 0.0929 e. The molecule has 0 saturated heterocycles. The summed E-state index contributed by atoms with van der Waals surface area (Å²) in [5.41, 5.74) is 4.35. The normalized spacial score (nSPS) is 10.3. The van der Waals surface area contributed by atoms with Gasteiger partial charge in [-0.3, -0.25) is 0 Å². The van der Waals surface area contributed by atoms with Gasteiger partial charge in [0.05, 0.1) is 11.4 Å². The SMILES string of the molecule is CCc1ccc(-c2ccc(C)nn2)cc1. The van der Waals surface area contributed by atoms with Crippen molar-refractivity contribution in [3.05, 3.63) is 47.7 Å². The Morgan fingerprint density at radius 1 is 0.933 bits per heavy atom. The van der Waals surface area contributed by atoms with E-state index in [4.69, 9.17) is 0 Å². The van der Waals surface area contributed by atoms with Crippen LogP contribution in [0.5, 0.6) is 0 Å². The van der Waals surface area contributed by atoms with Crippen molar-refractivity contribution in [1.82, 2.24) is 10.2 Å². The van der Waals surface area contributed by atoms with Gasteiger partial charge in [0, 0.05) is 5.56 Å². The molecule has 2 heteroatoms. The summed E-state index contributed by atoms with van der Waals surface area (Å²) in [5.74, 6) is 0. The first-order chi connectivity index (χ1) is 7.29. The molecule has 0 radical (unpaired) electrons. The maximum atomic E-state index is 4.15. The third-order valence-corrected chi connectivity index (χ3v) is 2.46. The lowest BCUT2D eigenvalue weighted by molar-refractivity contribution is 0.986. The lowest BCUT2D eigenvalue weighted by Gasteiger charge is -2.01. The van der Waals surface area contributed by atoms with Crippen LogP contribution in [0.25, 0.3) is 11.3 Å². The number of hydrogen-bond donors (Lipinski definition) is 0. The van der Waals surface area contributed by atoms with E-state index in [-0.39, 0.29) is 0 Å². The van der Waals surface area contributed by atoms with Crippen LogP contribution in [0.4, 0.5) is 0 Å². The standard InChI is InChI=1S/C13H14N2/c1-3-11-5-7-12(8-6-11)13-9-4-10(2)14-15-13/h4-9H,3H2,1-2H3. The summed E-state index contributed by atoms with van der Waals surface area (Å²) in [7, 11) is 0. The minimum absolute atomic E-state index is 0.934. The zero-order chi connectivity index (χ0) is 10.7. The molecule has 0 bridgehead atoms. The predicted octanol–water partition coefficient (Wildman–Crippen LogP) is 3.01. The van der Waals surface area contributed by atoms with Crippen LogP contribution in [0.1, 0.15) is 18.2 Å². The average molecular weight is 198 g/mol. The topological polar surface area (TPSA) is 25.8 Å². The largest absolute Gasteiger partial charge is 0.155 e. The quantitative estimate of drug-likeness (QED) is 0.741. The summed E-state index contributed by atoms with van der Waals surface area (Å²) in [6.07, 6.45) is 1.07. The number of nitrogens with zero attached hydrogens (tertiary/aromatic N) is 2. The van der Waals surface area contributed by atoms with Gasteiger partial charge in [-0.15, -0.1) is 0 Å². The Morgan fingerprint density at radius 2 is 1.67 bits per heavy atom. The number of aromatic nitrogens is 2. The average Bonchev–Trinajstić information content (AvgIpc) is 2.30. The Morgan fingerprint density at radius 3 is 2.20 bits per heavy atom. The first-order valence-corrected chi connectivity index (χ1v) is 5.19. The van der Waals surface area contributed by atoms with E-state index < -0.39 is 0 Å². The van der Waals surface area contributed by atoms with Gasteiger partial charge in [-0.05, 0) is 31.0 Å². The number of aryl methyl sites for hydroxylation is 2. The van der Waals surface area contributed by atoms with Gasteiger partial charge in [-0.1, -0.05) is 31.2 Å². The zero-order valence-corrected chi connectivity index (χ0v) is 9.07. The summed E-state index contributed by atoms with van der Waals surface area (Å²) >= 11 is 0. The highest BCUT2D eigenvalue weighted by Crippen LogP contribution is 2.16. The lowest BCUT2D eigenvalue weighted by Crippen LogP contribution is -1.89. The minimum atomic E-state index is 0.934. The Balaban J connectivity index is 2.33. The van der Waals surface area contributed by atoms with Crippen molar-refractivity contribution in [3.8, 4) is 11.3 Å². The summed E-state index contributed by atoms with van der Waals surface area (Å²) in [6, 6.07) is 12.4. The van der Waals surface area contributed by atoms with Crippen LogP contribution in [0, 0.1) is 6.92 Å². The Hall–Kier alpha value is -1.70. The molecule has 1 heterocycles. The van der Waals surface area contributed by atoms with Crippen LogP contribution in [0.3, 0.4) is 0 Å². The molecule has 2 rings (SSSR count). The van der Waals surface area contributed by atoms with Crippen LogP contribution in [0.15, 0.2) is 36.4 Å². The molecular weight excluding hydrogens is 184 g/mol. The first-order valence-electron chi connectivity index (χ1n) is 5.19. The number of rotatable bonds is 2. The molecule has 2 nitrogen and oxygen atoms in total. The molecule has 0 aliphatic carbocycles. The molecule has 0 N–H and O–H groups in total. The molecule has 76 valence electrons. The van der Waals surface area contributed by atoms with Crippen LogP contribution in [-0.2, 0) is 6.42 Å². The van der Waals surface area contributed by atoms with Crippen LogP contribution >= 0.6 is 0 Å². The van der Waals surface area contributed by atoms with Crippen LogP contribution in [-0.4, -0.2) is 10.2 Å². The van der Waals surface area contributed by atoms with Crippen LogP contribution in [0.2, 0.25) is 0 Å². The van der Waals surface area contributed by atoms with Crippen molar-refractivity contribution in [2.45, 2.75) is 20.3 Å². The first kappa shape index (κ1) is 9.84. The molecule has 0 unspecified atom stereocenters. The highest BCUT2D eigenvalue weighted by Gasteiger charge is 1.99. The van der Waals surface area contributed by atoms with E-state index in [1.54, 1.807) is 0 Å². The Kier molecular flexibility index (Phi) is 2.77. The van der Waals surface area contributed by atoms with E-state index >= 15 is 0 Å². The zero-order valence-electron chi connectivity index (χ0n) is 9.07. The van der Waals surface area contributed by atoms with E-state index in [9.17, 15) is 0 Å². The molecule has 0 aliphatic heterocycles. The fourth-order valence-electron chi connectivity index (χ4n) is 1.46. The second-order valence-electron chi connectivity index (χ2n) is 3.61. The minimum Gasteiger partial charge on any atom is -0.155 e. The third-order valence-electron chi connectivity index (χ3n) is 2.46. The maximum absolute atomic E-state index is 4.15. The molecule has 1 aromatic carbocycles. The molecule has 0 aliphatic rings. The van der Waals surface area contributed by atoms with Crippen molar-refractivity contribution in [2.24, 2.45) is 0 Å². The van der Waals surface area contributed by atoms with Gasteiger partial charge in [0.15, 0.2) is 0 Å². The summed E-state index contributed by atoms with van der Waals surface area (Å²) < 4.78 is 0. The molecule has 0 atom stereocenters.